The van der Waals surface area contributed by atoms with E-state index < -0.39 is 29.5 Å². The third-order valence-electron chi connectivity index (χ3n) is 4.50. The lowest BCUT2D eigenvalue weighted by atomic mass is 9.89. The molecule has 1 saturated heterocycles. The lowest BCUT2D eigenvalue weighted by Crippen LogP contribution is -2.54. The SMILES string of the molecule is O=C(O)C1COC2(CCCCC2)N1C(=O)c1ccccc1F. The van der Waals surface area contributed by atoms with Gasteiger partial charge in [-0.05, 0) is 37.8 Å². The number of ether oxygens (including phenoxy) is 1. The molecular weight excluding hydrogens is 289 g/mol. The van der Waals surface area contributed by atoms with Crippen LogP contribution in [0.5, 0.6) is 0 Å². The molecule has 1 N–H and O–H groups in total. The molecule has 2 fully saturated rings. The summed E-state index contributed by atoms with van der Waals surface area (Å²) in [5.74, 6) is -2.37. The number of hydrogen-bond acceptors (Lipinski definition) is 3. The zero-order valence-corrected chi connectivity index (χ0v) is 12.1. The van der Waals surface area contributed by atoms with Gasteiger partial charge in [-0.3, -0.25) is 9.69 Å². The second kappa shape index (κ2) is 5.68. The summed E-state index contributed by atoms with van der Waals surface area (Å²) in [6, 6.07) is 4.58. The number of nitrogens with zero attached hydrogens (tertiary/aromatic N) is 1. The fourth-order valence-electron chi connectivity index (χ4n) is 3.42. The topological polar surface area (TPSA) is 66.8 Å². The summed E-state index contributed by atoms with van der Waals surface area (Å²) in [4.78, 5) is 25.5. The monoisotopic (exact) mass is 307 g/mol. The molecule has 1 aromatic carbocycles. The largest absolute Gasteiger partial charge is 0.480 e. The van der Waals surface area contributed by atoms with E-state index >= 15 is 0 Å². The second-order valence-electron chi connectivity index (χ2n) is 5.83. The number of rotatable bonds is 2. The van der Waals surface area contributed by atoms with Crippen molar-refractivity contribution in [2.24, 2.45) is 0 Å². The van der Waals surface area contributed by atoms with E-state index in [0.717, 1.165) is 19.3 Å². The smallest absolute Gasteiger partial charge is 0.328 e. The first-order chi connectivity index (χ1) is 10.6. The Morgan fingerprint density at radius 1 is 1.23 bits per heavy atom. The maximum atomic E-state index is 13.9. The van der Waals surface area contributed by atoms with E-state index in [0.29, 0.717) is 12.8 Å². The molecule has 1 heterocycles. The molecule has 0 bridgehead atoms. The van der Waals surface area contributed by atoms with Crippen LogP contribution in [0.15, 0.2) is 24.3 Å². The lowest BCUT2D eigenvalue weighted by Gasteiger charge is -2.41. The molecule has 5 nitrogen and oxygen atoms in total. The van der Waals surface area contributed by atoms with Gasteiger partial charge in [-0.25, -0.2) is 9.18 Å². The van der Waals surface area contributed by atoms with E-state index in [4.69, 9.17) is 4.74 Å². The maximum Gasteiger partial charge on any atom is 0.328 e. The van der Waals surface area contributed by atoms with E-state index in [1.807, 2.05) is 0 Å². The normalized spacial score (nSPS) is 23.7. The Kier molecular flexibility index (Phi) is 3.87. The first kappa shape index (κ1) is 15.0. The van der Waals surface area contributed by atoms with Gasteiger partial charge in [0.1, 0.15) is 11.5 Å². The molecule has 6 heteroatoms. The molecule has 1 amide bonds. The summed E-state index contributed by atoms with van der Waals surface area (Å²) in [5.41, 5.74) is -1.01. The molecule has 3 rings (SSSR count). The van der Waals surface area contributed by atoms with Crippen molar-refractivity contribution in [3.63, 3.8) is 0 Å². The van der Waals surface area contributed by atoms with Crippen molar-refractivity contribution in [1.82, 2.24) is 4.90 Å². The van der Waals surface area contributed by atoms with Crippen LogP contribution >= 0.6 is 0 Å². The average Bonchev–Trinajstić information content (AvgIpc) is 2.87. The summed E-state index contributed by atoms with van der Waals surface area (Å²) in [5, 5.41) is 9.40. The number of carbonyl (C=O) groups is 2. The Bertz CT molecular complexity index is 598. The number of carboxylic acids is 1. The highest BCUT2D eigenvalue weighted by atomic mass is 19.1. The van der Waals surface area contributed by atoms with Gasteiger partial charge in [0.05, 0.1) is 12.2 Å². The highest BCUT2D eigenvalue weighted by Crippen LogP contribution is 2.41. The number of aliphatic carboxylic acids is 1. The van der Waals surface area contributed by atoms with Crippen LogP contribution in [0, 0.1) is 5.82 Å². The van der Waals surface area contributed by atoms with Crippen molar-refractivity contribution in [3.05, 3.63) is 35.6 Å². The summed E-state index contributed by atoms with van der Waals surface area (Å²) in [7, 11) is 0. The van der Waals surface area contributed by atoms with Crippen LogP contribution in [-0.4, -0.2) is 40.3 Å². The molecule has 1 spiro atoms. The first-order valence-corrected chi connectivity index (χ1v) is 7.50. The van der Waals surface area contributed by atoms with Gasteiger partial charge < -0.3 is 9.84 Å². The molecule has 0 aromatic heterocycles. The highest BCUT2D eigenvalue weighted by molar-refractivity contribution is 5.97. The quantitative estimate of drug-likeness (QED) is 0.911. The molecule has 1 aliphatic heterocycles. The fraction of sp³-hybridized carbons (Fsp3) is 0.500. The van der Waals surface area contributed by atoms with E-state index in [2.05, 4.69) is 0 Å². The average molecular weight is 307 g/mol. The van der Waals surface area contributed by atoms with Gasteiger partial charge in [-0.1, -0.05) is 18.6 Å². The van der Waals surface area contributed by atoms with Crippen molar-refractivity contribution in [2.75, 3.05) is 6.61 Å². The summed E-state index contributed by atoms with van der Waals surface area (Å²) < 4.78 is 19.7. The number of carboxylic acid groups (broad SMARTS) is 1. The van der Waals surface area contributed by atoms with Crippen molar-refractivity contribution < 1.29 is 23.8 Å². The third kappa shape index (κ3) is 2.37. The van der Waals surface area contributed by atoms with E-state index in [1.54, 1.807) is 6.07 Å². The van der Waals surface area contributed by atoms with Gasteiger partial charge in [-0.15, -0.1) is 0 Å². The highest BCUT2D eigenvalue weighted by Gasteiger charge is 2.53. The van der Waals surface area contributed by atoms with Gasteiger partial charge >= 0.3 is 5.97 Å². The molecule has 1 unspecified atom stereocenters. The van der Waals surface area contributed by atoms with Crippen LogP contribution in [0.3, 0.4) is 0 Å². The number of hydrogen-bond donors (Lipinski definition) is 1. The molecule has 1 aromatic rings. The van der Waals surface area contributed by atoms with Gasteiger partial charge in [0.25, 0.3) is 5.91 Å². The third-order valence-corrected chi connectivity index (χ3v) is 4.50. The zero-order chi connectivity index (χ0) is 15.7. The van der Waals surface area contributed by atoms with Gasteiger partial charge in [0, 0.05) is 0 Å². The minimum atomic E-state index is -1.12. The van der Waals surface area contributed by atoms with Crippen molar-refractivity contribution in [1.29, 1.82) is 0 Å². The van der Waals surface area contributed by atoms with Crippen LogP contribution in [0.4, 0.5) is 4.39 Å². The Morgan fingerprint density at radius 2 is 1.91 bits per heavy atom. The van der Waals surface area contributed by atoms with Crippen LogP contribution < -0.4 is 0 Å². The molecular formula is C16H18FNO4. The minimum absolute atomic E-state index is 0.0461. The number of amides is 1. The van der Waals surface area contributed by atoms with Crippen molar-refractivity contribution in [3.8, 4) is 0 Å². The van der Waals surface area contributed by atoms with E-state index in [9.17, 15) is 19.1 Å². The van der Waals surface area contributed by atoms with Crippen LogP contribution in [-0.2, 0) is 9.53 Å². The van der Waals surface area contributed by atoms with Crippen LogP contribution in [0.2, 0.25) is 0 Å². The maximum absolute atomic E-state index is 13.9. The van der Waals surface area contributed by atoms with Gasteiger partial charge in [-0.2, -0.15) is 0 Å². The molecule has 1 aliphatic carbocycles. The molecule has 0 radical (unpaired) electrons. The van der Waals surface area contributed by atoms with Crippen molar-refractivity contribution in [2.45, 2.75) is 43.9 Å². The van der Waals surface area contributed by atoms with Crippen LogP contribution in [0.25, 0.3) is 0 Å². The molecule has 22 heavy (non-hydrogen) atoms. The summed E-state index contributed by atoms with van der Waals surface area (Å²) in [6.45, 7) is -0.0461. The van der Waals surface area contributed by atoms with E-state index in [-0.39, 0.29) is 12.2 Å². The number of halogens is 1. The Hall–Kier alpha value is -1.95. The summed E-state index contributed by atoms with van der Waals surface area (Å²) in [6.07, 6.45) is 3.96. The predicted octanol–water partition coefficient (Wildman–Crippen LogP) is 2.41. The summed E-state index contributed by atoms with van der Waals surface area (Å²) >= 11 is 0. The van der Waals surface area contributed by atoms with Gasteiger partial charge in [0.2, 0.25) is 0 Å². The first-order valence-electron chi connectivity index (χ1n) is 7.50. The minimum Gasteiger partial charge on any atom is -0.480 e. The second-order valence-corrected chi connectivity index (χ2v) is 5.83. The standard InChI is InChI=1S/C16H18FNO4/c17-12-7-3-2-6-11(12)14(19)18-13(15(20)21)10-22-16(18)8-4-1-5-9-16/h2-3,6-7,13H,1,4-5,8-10H2,(H,20,21). The van der Waals surface area contributed by atoms with E-state index in [1.165, 1.54) is 23.1 Å². The predicted molar refractivity (Wildman–Crippen MR) is 75.8 cm³/mol. The number of carbonyl (C=O) groups excluding carboxylic acids is 1. The lowest BCUT2D eigenvalue weighted by molar-refractivity contribution is -0.143. The Balaban J connectivity index is 2.00. The number of benzene rings is 1. The molecule has 1 saturated carbocycles. The van der Waals surface area contributed by atoms with Gasteiger partial charge in [0.15, 0.2) is 6.04 Å². The molecule has 2 aliphatic rings. The Morgan fingerprint density at radius 3 is 2.55 bits per heavy atom. The molecule has 1 atom stereocenters. The van der Waals surface area contributed by atoms with Crippen molar-refractivity contribution >= 4 is 11.9 Å². The Labute approximate surface area is 127 Å². The zero-order valence-electron chi connectivity index (χ0n) is 12.1. The molecule has 118 valence electrons. The van der Waals surface area contributed by atoms with Crippen LogP contribution in [0.1, 0.15) is 42.5 Å². The fourth-order valence-corrected chi connectivity index (χ4v) is 3.42.